The van der Waals surface area contributed by atoms with E-state index in [0.29, 0.717) is 12.5 Å². The summed E-state index contributed by atoms with van der Waals surface area (Å²) in [6.45, 7) is 4.79. The van der Waals surface area contributed by atoms with E-state index in [9.17, 15) is 5.26 Å². The summed E-state index contributed by atoms with van der Waals surface area (Å²) in [5.41, 5.74) is 3.65. The minimum atomic E-state index is 0.162. The molecule has 2 aromatic rings. The van der Waals surface area contributed by atoms with Crippen molar-refractivity contribution in [3.8, 4) is 6.07 Å². The van der Waals surface area contributed by atoms with Gasteiger partial charge in [-0.3, -0.25) is 4.40 Å². The van der Waals surface area contributed by atoms with Gasteiger partial charge in [0.15, 0.2) is 5.65 Å². The van der Waals surface area contributed by atoms with Crippen LogP contribution in [-0.4, -0.2) is 27.0 Å². The number of thioether (sulfide) groups is 1. The molecule has 0 fully saturated rings. The Labute approximate surface area is 122 Å². The molecule has 2 aromatic heterocycles. The van der Waals surface area contributed by atoms with Crippen LogP contribution in [0, 0.1) is 17.2 Å². The Bertz CT molecular complexity index is 701. The first-order chi connectivity index (χ1) is 9.67. The Balaban J connectivity index is 2.27. The maximum absolute atomic E-state index is 9.57. The van der Waals surface area contributed by atoms with E-state index in [4.69, 9.17) is 4.74 Å². The number of fused-ring (bicyclic) bond motifs is 3. The van der Waals surface area contributed by atoms with Crippen molar-refractivity contribution < 1.29 is 4.74 Å². The van der Waals surface area contributed by atoms with Crippen LogP contribution in [0.4, 0.5) is 0 Å². The van der Waals surface area contributed by atoms with Gasteiger partial charge in [0.05, 0.1) is 18.3 Å². The van der Waals surface area contributed by atoms with E-state index in [2.05, 4.69) is 30.1 Å². The molecule has 3 heterocycles. The highest BCUT2D eigenvalue weighted by Gasteiger charge is 2.29. The van der Waals surface area contributed by atoms with Crippen LogP contribution in [0.1, 0.15) is 30.5 Å². The second-order valence-corrected chi connectivity index (χ2v) is 6.07. The predicted molar refractivity (Wildman–Crippen MR) is 76.6 cm³/mol. The molecule has 0 N–H and O–H groups in total. The van der Waals surface area contributed by atoms with Crippen LogP contribution >= 0.6 is 11.8 Å². The summed E-state index contributed by atoms with van der Waals surface area (Å²) in [5.74, 6) is 0.432. The van der Waals surface area contributed by atoms with Crippen LogP contribution in [0.2, 0.25) is 0 Å². The molecule has 6 heteroatoms. The molecule has 5 nitrogen and oxygen atoms in total. The lowest BCUT2D eigenvalue weighted by Gasteiger charge is -2.29. The number of hydrogen-bond acceptors (Lipinski definition) is 5. The van der Waals surface area contributed by atoms with Gasteiger partial charge in [0.25, 0.3) is 0 Å². The van der Waals surface area contributed by atoms with E-state index in [1.165, 1.54) is 0 Å². The molecule has 0 saturated carbocycles. The van der Waals surface area contributed by atoms with Crippen molar-refractivity contribution in [1.29, 1.82) is 5.26 Å². The van der Waals surface area contributed by atoms with Crippen LogP contribution in [0.3, 0.4) is 0 Å². The zero-order valence-electron chi connectivity index (χ0n) is 11.8. The summed E-state index contributed by atoms with van der Waals surface area (Å²) in [6.07, 6.45) is 4.57. The Morgan fingerprint density at radius 1 is 1.50 bits per heavy atom. The highest BCUT2D eigenvalue weighted by Crippen LogP contribution is 2.34. The van der Waals surface area contributed by atoms with Gasteiger partial charge in [-0.15, -0.1) is 22.0 Å². The number of nitriles is 1. The predicted octanol–water partition coefficient (Wildman–Crippen LogP) is 2.42. The summed E-state index contributed by atoms with van der Waals surface area (Å²) < 4.78 is 7.81. The number of ether oxygens (including phenoxy) is 1. The highest BCUT2D eigenvalue weighted by atomic mass is 32.2. The lowest BCUT2D eigenvalue weighted by molar-refractivity contribution is -0.0000529. The van der Waals surface area contributed by atoms with E-state index in [0.717, 1.165) is 33.8 Å². The third-order valence-electron chi connectivity index (χ3n) is 3.81. The molecule has 0 aliphatic carbocycles. The molecule has 1 atom stereocenters. The second-order valence-electron chi connectivity index (χ2n) is 5.28. The van der Waals surface area contributed by atoms with Crippen molar-refractivity contribution in [2.75, 3.05) is 6.26 Å². The smallest absolute Gasteiger partial charge is 0.167 e. The van der Waals surface area contributed by atoms with Gasteiger partial charge >= 0.3 is 0 Å². The molecule has 104 valence electrons. The third-order valence-corrected chi connectivity index (χ3v) is 4.60. The molecule has 0 aromatic carbocycles. The standard InChI is InChI=1S/C14H16N4OS/c1-8(2)12-4-9-10(5-15)14(20-3)18-7-16-17-13(18)11(9)6-19-12/h7-8,12H,4,6H2,1-3H3. The van der Waals surface area contributed by atoms with E-state index in [1.54, 1.807) is 18.1 Å². The Hall–Kier alpha value is -1.58. The second kappa shape index (κ2) is 5.08. The summed E-state index contributed by atoms with van der Waals surface area (Å²) in [7, 11) is 0. The van der Waals surface area contributed by atoms with Crippen molar-refractivity contribution in [2.45, 2.75) is 38.0 Å². The zero-order valence-corrected chi connectivity index (χ0v) is 12.6. The Morgan fingerprint density at radius 3 is 2.95 bits per heavy atom. The topological polar surface area (TPSA) is 63.2 Å². The van der Waals surface area contributed by atoms with E-state index in [1.807, 2.05) is 10.7 Å². The maximum atomic E-state index is 9.57. The minimum Gasteiger partial charge on any atom is -0.373 e. The van der Waals surface area contributed by atoms with E-state index >= 15 is 0 Å². The summed E-state index contributed by atoms with van der Waals surface area (Å²) in [5, 5.41) is 18.7. The molecule has 3 rings (SSSR count). The lowest BCUT2D eigenvalue weighted by atomic mass is 9.91. The van der Waals surface area contributed by atoms with Crippen LogP contribution in [0.15, 0.2) is 11.4 Å². The van der Waals surface area contributed by atoms with Gasteiger partial charge in [-0.25, -0.2) is 0 Å². The SMILES string of the molecule is CSc1c(C#N)c2c(c3nncn13)COC(C(C)C)C2. The third kappa shape index (κ3) is 1.89. The molecule has 20 heavy (non-hydrogen) atoms. The first-order valence-corrected chi connectivity index (χ1v) is 7.83. The quantitative estimate of drug-likeness (QED) is 0.794. The molecule has 0 saturated heterocycles. The van der Waals surface area contributed by atoms with Gasteiger partial charge in [0.1, 0.15) is 17.4 Å². The minimum absolute atomic E-state index is 0.162. The van der Waals surface area contributed by atoms with Gasteiger partial charge in [0, 0.05) is 12.0 Å². The fraction of sp³-hybridized carbons (Fsp3) is 0.500. The molecule has 0 amide bonds. The fourth-order valence-corrected chi connectivity index (χ4v) is 3.40. The monoisotopic (exact) mass is 288 g/mol. The first-order valence-electron chi connectivity index (χ1n) is 6.60. The number of aromatic nitrogens is 3. The van der Waals surface area contributed by atoms with Crippen molar-refractivity contribution in [3.05, 3.63) is 23.0 Å². The fourth-order valence-electron chi connectivity index (χ4n) is 2.70. The van der Waals surface area contributed by atoms with Gasteiger partial charge in [-0.2, -0.15) is 5.26 Å². The van der Waals surface area contributed by atoms with Crippen LogP contribution in [0.5, 0.6) is 0 Å². The molecule has 1 unspecified atom stereocenters. The number of nitrogens with zero attached hydrogens (tertiary/aromatic N) is 4. The largest absolute Gasteiger partial charge is 0.373 e. The molecular formula is C14H16N4OS. The molecular weight excluding hydrogens is 272 g/mol. The summed E-state index contributed by atoms with van der Waals surface area (Å²) in [4.78, 5) is 0. The van der Waals surface area contributed by atoms with Crippen LogP contribution in [0.25, 0.3) is 5.65 Å². The molecule has 0 radical (unpaired) electrons. The Kier molecular flexibility index (Phi) is 3.40. The number of pyridine rings is 1. The molecule has 1 aliphatic rings. The summed E-state index contributed by atoms with van der Waals surface area (Å²) in [6, 6.07) is 2.36. The Morgan fingerprint density at radius 2 is 2.30 bits per heavy atom. The van der Waals surface area contributed by atoms with Crippen molar-refractivity contribution >= 4 is 17.4 Å². The van der Waals surface area contributed by atoms with Crippen LogP contribution in [-0.2, 0) is 17.8 Å². The van der Waals surface area contributed by atoms with Gasteiger partial charge in [-0.05, 0) is 17.7 Å². The molecule has 0 spiro atoms. The van der Waals surface area contributed by atoms with Gasteiger partial charge < -0.3 is 4.74 Å². The lowest BCUT2D eigenvalue weighted by Crippen LogP contribution is -2.29. The highest BCUT2D eigenvalue weighted by molar-refractivity contribution is 7.98. The van der Waals surface area contributed by atoms with Crippen molar-refractivity contribution in [3.63, 3.8) is 0 Å². The van der Waals surface area contributed by atoms with E-state index in [-0.39, 0.29) is 6.10 Å². The average Bonchev–Trinajstić information content (AvgIpc) is 2.94. The first kappa shape index (κ1) is 13.4. The molecule has 1 aliphatic heterocycles. The zero-order chi connectivity index (χ0) is 14.3. The number of hydrogen-bond donors (Lipinski definition) is 0. The van der Waals surface area contributed by atoms with Crippen LogP contribution < -0.4 is 0 Å². The van der Waals surface area contributed by atoms with Crippen molar-refractivity contribution in [2.24, 2.45) is 5.92 Å². The van der Waals surface area contributed by atoms with E-state index < -0.39 is 0 Å². The maximum Gasteiger partial charge on any atom is 0.167 e. The average molecular weight is 288 g/mol. The molecule has 0 bridgehead atoms. The normalized spacial score (nSPS) is 18.2. The summed E-state index contributed by atoms with van der Waals surface area (Å²) >= 11 is 1.56. The number of rotatable bonds is 2. The van der Waals surface area contributed by atoms with Gasteiger partial charge in [0.2, 0.25) is 0 Å². The van der Waals surface area contributed by atoms with Crippen molar-refractivity contribution in [1.82, 2.24) is 14.6 Å². The van der Waals surface area contributed by atoms with Gasteiger partial charge in [-0.1, -0.05) is 13.8 Å².